The molecule has 0 aliphatic heterocycles. The summed E-state index contributed by atoms with van der Waals surface area (Å²) in [5.41, 5.74) is 0. The molecule has 0 aromatic rings. The van der Waals surface area contributed by atoms with Gasteiger partial charge >= 0.3 is 0 Å². The van der Waals surface area contributed by atoms with Crippen LogP contribution in [0.3, 0.4) is 0 Å². The Balaban J connectivity index is 4.49. The maximum absolute atomic E-state index is 11.9. The first kappa shape index (κ1) is 16.9. The molecule has 0 aromatic carbocycles. The number of aliphatic hydroxyl groups excluding tert-OH is 1. The summed E-state index contributed by atoms with van der Waals surface area (Å²) < 4.78 is 25.4. The Kier molecular flexibility index (Phi) is 8.00. The van der Waals surface area contributed by atoms with E-state index in [0.29, 0.717) is 24.9 Å². The third-order valence-corrected chi connectivity index (χ3v) is 4.50. The highest BCUT2D eigenvalue weighted by Gasteiger charge is 2.21. The molecule has 0 fully saturated rings. The molecule has 0 amide bonds. The Labute approximate surface area is 106 Å². The van der Waals surface area contributed by atoms with Gasteiger partial charge in [0.2, 0.25) is 10.0 Å². The van der Waals surface area contributed by atoms with Crippen LogP contribution in [0.25, 0.3) is 0 Å². The predicted molar refractivity (Wildman–Crippen MR) is 71.4 cm³/mol. The van der Waals surface area contributed by atoms with Crippen LogP contribution in [-0.2, 0) is 10.0 Å². The van der Waals surface area contributed by atoms with Crippen molar-refractivity contribution in [2.75, 3.05) is 25.4 Å². The molecule has 0 radical (unpaired) electrons. The molecule has 0 atom stereocenters. The minimum Gasteiger partial charge on any atom is -0.395 e. The van der Waals surface area contributed by atoms with Crippen molar-refractivity contribution in [1.82, 2.24) is 4.31 Å². The highest BCUT2D eigenvalue weighted by atomic mass is 32.2. The van der Waals surface area contributed by atoms with Crippen molar-refractivity contribution < 1.29 is 13.5 Å². The first-order valence-electron chi connectivity index (χ1n) is 6.38. The molecular weight excluding hydrogens is 238 g/mol. The normalized spacial score (nSPS) is 12.9. The molecule has 17 heavy (non-hydrogen) atoms. The second kappa shape index (κ2) is 8.06. The summed E-state index contributed by atoms with van der Waals surface area (Å²) in [6.07, 6.45) is 1.73. The molecule has 0 saturated carbocycles. The minimum atomic E-state index is -3.28. The fourth-order valence-corrected chi connectivity index (χ4v) is 2.69. The van der Waals surface area contributed by atoms with Gasteiger partial charge in [-0.15, -0.1) is 0 Å². The van der Waals surface area contributed by atoms with E-state index in [4.69, 9.17) is 5.11 Å². The molecule has 1 N–H and O–H groups in total. The zero-order valence-corrected chi connectivity index (χ0v) is 12.3. The van der Waals surface area contributed by atoms with Gasteiger partial charge in [-0.3, -0.25) is 0 Å². The molecule has 0 spiro atoms. The summed E-state index contributed by atoms with van der Waals surface area (Å²) >= 11 is 0. The molecule has 4 nitrogen and oxygen atoms in total. The van der Waals surface area contributed by atoms with E-state index in [0.717, 1.165) is 12.8 Å². The van der Waals surface area contributed by atoms with Gasteiger partial charge in [-0.25, -0.2) is 12.7 Å². The Morgan fingerprint density at radius 2 is 1.41 bits per heavy atom. The monoisotopic (exact) mass is 265 g/mol. The summed E-state index contributed by atoms with van der Waals surface area (Å²) in [6.45, 7) is 9.15. The van der Waals surface area contributed by atoms with Crippen molar-refractivity contribution >= 4 is 10.0 Å². The van der Waals surface area contributed by atoms with Crippen molar-refractivity contribution in [2.24, 2.45) is 11.8 Å². The van der Waals surface area contributed by atoms with Gasteiger partial charge in [-0.1, -0.05) is 27.7 Å². The number of nitrogens with zero attached hydrogens (tertiary/aromatic N) is 1. The van der Waals surface area contributed by atoms with Crippen LogP contribution in [0.4, 0.5) is 0 Å². The van der Waals surface area contributed by atoms with E-state index in [1.807, 2.05) is 0 Å². The summed E-state index contributed by atoms with van der Waals surface area (Å²) in [7, 11) is -3.28. The summed E-state index contributed by atoms with van der Waals surface area (Å²) in [5, 5.41) is 8.80. The van der Waals surface area contributed by atoms with Gasteiger partial charge in [-0.2, -0.15) is 0 Å². The number of hydrogen-bond acceptors (Lipinski definition) is 3. The van der Waals surface area contributed by atoms with E-state index in [-0.39, 0.29) is 12.4 Å². The Morgan fingerprint density at radius 3 is 1.71 bits per heavy atom. The van der Waals surface area contributed by atoms with E-state index in [2.05, 4.69) is 27.7 Å². The number of aliphatic hydroxyl groups is 1. The number of rotatable bonds is 9. The van der Waals surface area contributed by atoms with E-state index in [9.17, 15) is 8.42 Å². The van der Waals surface area contributed by atoms with E-state index < -0.39 is 10.0 Å². The van der Waals surface area contributed by atoms with Crippen LogP contribution in [0.5, 0.6) is 0 Å². The van der Waals surface area contributed by atoms with Crippen LogP contribution < -0.4 is 0 Å². The van der Waals surface area contributed by atoms with Crippen molar-refractivity contribution in [1.29, 1.82) is 0 Å². The third-order valence-electron chi connectivity index (χ3n) is 2.65. The second-order valence-corrected chi connectivity index (χ2v) is 7.39. The van der Waals surface area contributed by atoms with Crippen molar-refractivity contribution in [3.05, 3.63) is 0 Å². The lowest BCUT2D eigenvalue weighted by molar-refractivity contribution is 0.310. The lowest BCUT2D eigenvalue weighted by atomic mass is 10.1. The average molecular weight is 265 g/mol. The summed E-state index contributed by atoms with van der Waals surface area (Å²) in [6, 6.07) is 0. The minimum absolute atomic E-state index is 0.164. The molecular formula is C12H27NO3S. The maximum atomic E-state index is 11.9. The largest absolute Gasteiger partial charge is 0.395 e. The molecule has 0 heterocycles. The first-order chi connectivity index (χ1) is 7.79. The van der Waals surface area contributed by atoms with Gasteiger partial charge < -0.3 is 5.11 Å². The van der Waals surface area contributed by atoms with Crippen LogP contribution in [-0.4, -0.2) is 43.3 Å². The van der Waals surface area contributed by atoms with E-state index >= 15 is 0 Å². The van der Waals surface area contributed by atoms with Crippen molar-refractivity contribution in [3.63, 3.8) is 0 Å². The van der Waals surface area contributed by atoms with Gasteiger partial charge in [-0.05, 0) is 24.7 Å². The number of sulfonamides is 1. The van der Waals surface area contributed by atoms with Crippen LogP contribution in [0.2, 0.25) is 0 Å². The molecule has 0 aliphatic carbocycles. The maximum Gasteiger partial charge on any atom is 0.216 e. The summed E-state index contributed by atoms with van der Waals surface area (Å²) in [5.74, 6) is 0.810. The topological polar surface area (TPSA) is 57.6 Å². The molecule has 0 bridgehead atoms. The zero-order chi connectivity index (χ0) is 13.5. The predicted octanol–water partition coefficient (Wildman–Crippen LogP) is 1.70. The molecule has 0 aromatic heterocycles. The fraction of sp³-hybridized carbons (Fsp3) is 1.00. The fourth-order valence-electron chi connectivity index (χ4n) is 1.44. The van der Waals surface area contributed by atoms with Crippen LogP contribution >= 0.6 is 0 Å². The van der Waals surface area contributed by atoms with Crippen LogP contribution in [0, 0.1) is 11.8 Å². The second-order valence-electron chi connectivity index (χ2n) is 5.30. The van der Waals surface area contributed by atoms with Crippen LogP contribution in [0.15, 0.2) is 0 Å². The van der Waals surface area contributed by atoms with Crippen molar-refractivity contribution in [3.8, 4) is 0 Å². The van der Waals surface area contributed by atoms with Gasteiger partial charge in [0.25, 0.3) is 0 Å². The first-order valence-corrected chi connectivity index (χ1v) is 7.99. The lowest BCUT2D eigenvalue weighted by Crippen LogP contribution is -2.36. The molecule has 0 saturated heterocycles. The number of hydrogen-bond donors (Lipinski definition) is 1. The van der Waals surface area contributed by atoms with Gasteiger partial charge in [0, 0.05) is 13.1 Å². The van der Waals surface area contributed by atoms with Crippen molar-refractivity contribution in [2.45, 2.75) is 40.5 Å². The SMILES string of the molecule is CC(C)CCN(CCC(C)C)S(=O)(=O)CCO. The zero-order valence-electron chi connectivity index (χ0n) is 11.5. The highest BCUT2D eigenvalue weighted by molar-refractivity contribution is 7.89. The summed E-state index contributed by atoms with van der Waals surface area (Å²) in [4.78, 5) is 0. The quantitative estimate of drug-likeness (QED) is 0.690. The average Bonchev–Trinajstić information content (AvgIpc) is 2.15. The Hall–Kier alpha value is -0.130. The molecule has 0 unspecified atom stereocenters. The van der Waals surface area contributed by atoms with E-state index in [1.54, 1.807) is 0 Å². The standard InChI is InChI=1S/C12H27NO3S/c1-11(2)5-7-13(8-6-12(3)4)17(15,16)10-9-14/h11-12,14H,5-10H2,1-4H3. The van der Waals surface area contributed by atoms with Gasteiger partial charge in [0.05, 0.1) is 12.4 Å². The molecule has 104 valence electrons. The molecule has 0 aliphatic rings. The lowest BCUT2D eigenvalue weighted by Gasteiger charge is -2.23. The Morgan fingerprint density at radius 1 is 1.00 bits per heavy atom. The van der Waals surface area contributed by atoms with Gasteiger partial charge in [0.15, 0.2) is 0 Å². The molecule has 5 heteroatoms. The highest BCUT2D eigenvalue weighted by Crippen LogP contribution is 2.11. The van der Waals surface area contributed by atoms with Crippen LogP contribution in [0.1, 0.15) is 40.5 Å². The molecule has 0 rings (SSSR count). The Bertz CT molecular complexity index is 274. The van der Waals surface area contributed by atoms with E-state index in [1.165, 1.54) is 4.31 Å². The smallest absolute Gasteiger partial charge is 0.216 e. The third kappa shape index (κ3) is 7.73. The van der Waals surface area contributed by atoms with Gasteiger partial charge in [0.1, 0.15) is 0 Å².